The van der Waals surface area contributed by atoms with E-state index in [1.807, 2.05) is 54.6 Å². The molecule has 0 saturated carbocycles. The van der Waals surface area contributed by atoms with E-state index in [9.17, 15) is 13.2 Å². The molecule has 1 heterocycles. The Kier molecular flexibility index (Phi) is 6.25. The van der Waals surface area contributed by atoms with Crippen molar-refractivity contribution < 1.29 is 17.9 Å². The van der Waals surface area contributed by atoms with E-state index >= 15 is 0 Å². The fourth-order valence-corrected chi connectivity index (χ4v) is 5.61. The maximum Gasteiger partial charge on any atom is 0.264 e. The van der Waals surface area contributed by atoms with Gasteiger partial charge in [-0.05, 0) is 66.1 Å². The van der Waals surface area contributed by atoms with Gasteiger partial charge < -0.3 is 10.1 Å². The van der Waals surface area contributed by atoms with Gasteiger partial charge in [-0.3, -0.25) is 9.10 Å². The van der Waals surface area contributed by atoms with Gasteiger partial charge in [0, 0.05) is 17.8 Å². The summed E-state index contributed by atoms with van der Waals surface area (Å²) in [7, 11) is -3.78. The number of para-hydroxylation sites is 1. The van der Waals surface area contributed by atoms with Crippen molar-refractivity contribution in [1.29, 1.82) is 0 Å². The molecule has 0 saturated heterocycles. The molecule has 4 aromatic carbocycles. The number of ether oxygens (including phenoxy) is 1. The Balaban J connectivity index is 1.27. The second-order valence-electron chi connectivity index (χ2n) is 8.24. The lowest BCUT2D eigenvalue weighted by Gasteiger charge is -2.20. The van der Waals surface area contributed by atoms with Gasteiger partial charge in [0.1, 0.15) is 12.4 Å². The molecule has 4 aromatic rings. The highest BCUT2D eigenvalue weighted by atomic mass is 32.2. The van der Waals surface area contributed by atoms with E-state index < -0.39 is 10.0 Å². The van der Waals surface area contributed by atoms with E-state index in [1.165, 1.54) is 16.4 Å². The predicted molar refractivity (Wildman–Crippen MR) is 136 cm³/mol. The van der Waals surface area contributed by atoms with Crippen molar-refractivity contribution in [1.82, 2.24) is 0 Å². The first-order valence-electron chi connectivity index (χ1n) is 11.3. The van der Waals surface area contributed by atoms with Crippen molar-refractivity contribution in [3.8, 4) is 5.75 Å². The summed E-state index contributed by atoms with van der Waals surface area (Å²) in [4.78, 5) is 12.9. The molecule has 1 amide bonds. The van der Waals surface area contributed by atoms with Gasteiger partial charge in [0.2, 0.25) is 0 Å². The van der Waals surface area contributed by atoms with Crippen LogP contribution in [0.1, 0.15) is 21.5 Å². The lowest BCUT2D eigenvalue weighted by molar-refractivity contribution is 0.102. The molecule has 0 fully saturated rings. The fraction of sp³-hybridized carbons (Fsp3) is 0.107. The van der Waals surface area contributed by atoms with Crippen LogP contribution in [0, 0.1) is 0 Å². The molecule has 1 N–H and O–H groups in total. The summed E-state index contributed by atoms with van der Waals surface area (Å²) in [6.07, 6.45) is 0.667. The molecule has 0 radical (unpaired) electrons. The highest BCUT2D eigenvalue weighted by Crippen LogP contribution is 2.32. The monoisotopic (exact) mass is 484 g/mol. The van der Waals surface area contributed by atoms with Gasteiger partial charge in [-0.1, -0.05) is 54.6 Å². The Bertz CT molecular complexity index is 1450. The molecule has 35 heavy (non-hydrogen) atoms. The van der Waals surface area contributed by atoms with Crippen molar-refractivity contribution in [2.75, 3.05) is 16.2 Å². The molecule has 1 aliphatic heterocycles. The minimum absolute atomic E-state index is 0.0894. The maximum absolute atomic E-state index is 13.3. The van der Waals surface area contributed by atoms with E-state index in [-0.39, 0.29) is 16.4 Å². The number of hydrogen-bond donors (Lipinski definition) is 1. The van der Waals surface area contributed by atoms with Crippen LogP contribution in [0.4, 0.5) is 11.4 Å². The Morgan fingerprint density at radius 1 is 0.857 bits per heavy atom. The normalized spacial score (nSPS) is 12.7. The zero-order valence-corrected chi connectivity index (χ0v) is 19.7. The largest absolute Gasteiger partial charge is 0.489 e. The Morgan fingerprint density at radius 3 is 2.40 bits per heavy atom. The first kappa shape index (κ1) is 22.7. The van der Waals surface area contributed by atoms with Crippen molar-refractivity contribution in [2.45, 2.75) is 17.9 Å². The highest BCUT2D eigenvalue weighted by Gasteiger charge is 2.30. The smallest absolute Gasteiger partial charge is 0.264 e. The molecule has 176 valence electrons. The van der Waals surface area contributed by atoms with Crippen LogP contribution in [0.15, 0.2) is 108 Å². The number of sulfonamides is 1. The van der Waals surface area contributed by atoms with Gasteiger partial charge in [-0.2, -0.15) is 0 Å². The summed E-state index contributed by atoms with van der Waals surface area (Å²) in [5.41, 5.74) is 3.61. The van der Waals surface area contributed by atoms with Gasteiger partial charge in [0.05, 0.1) is 10.6 Å². The number of benzene rings is 4. The van der Waals surface area contributed by atoms with Crippen LogP contribution in [0.5, 0.6) is 5.75 Å². The van der Waals surface area contributed by atoms with Gasteiger partial charge >= 0.3 is 0 Å². The van der Waals surface area contributed by atoms with Crippen molar-refractivity contribution >= 4 is 27.3 Å². The van der Waals surface area contributed by atoms with Gasteiger partial charge in [-0.15, -0.1) is 0 Å². The first-order chi connectivity index (χ1) is 17.0. The minimum Gasteiger partial charge on any atom is -0.489 e. The second kappa shape index (κ2) is 9.64. The van der Waals surface area contributed by atoms with E-state index in [1.54, 1.807) is 36.4 Å². The summed E-state index contributed by atoms with van der Waals surface area (Å²) < 4.78 is 33.8. The van der Waals surface area contributed by atoms with Crippen LogP contribution in [0.25, 0.3) is 0 Å². The number of hydrogen-bond acceptors (Lipinski definition) is 4. The fourth-order valence-electron chi connectivity index (χ4n) is 4.06. The first-order valence-corrected chi connectivity index (χ1v) is 12.7. The molecular weight excluding hydrogens is 460 g/mol. The molecule has 5 rings (SSSR count). The van der Waals surface area contributed by atoms with E-state index in [0.717, 1.165) is 11.1 Å². The Labute approximate surface area is 204 Å². The van der Waals surface area contributed by atoms with Crippen molar-refractivity contribution in [3.63, 3.8) is 0 Å². The average molecular weight is 485 g/mol. The van der Waals surface area contributed by atoms with Crippen LogP contribution < -0.4 is 14.4 Å². The molecule has 0 bridgehead atoms. The van der Waals surface area contributed by atoms with Crippen LogP contribution in [-0.4, -0.2) is 20.9 Å². The summed E-state index contributed by atoms with van der Waals surface area (Å²) in [5.74, 6) is 0.299. The number of anilines is 2. The SMILES string of the molecule is O=C(Nc1ccc(OCc2ccccc2)cc1)c1cccc(S(=O)(=O)N2CCc3ccccc32)c1. The predicted octanol–water partition coefficient (Wildman–Crippen LogP) is 5.27. The Morgan fingerprint density at radius 2 is 1.60 bits per heavy atom. The third kappa shape index (κ3) is 4.90. The molecule has 0 atom stereocenters. The lowest BCUT2D eigenvalue weighted by Crippen LogP contribution is -2.29. The number of carbonyl (C=O) groups excluding carboxylic acids is 1. The number of rotatable bonds is 7. The van der Waals surface area contributed by atoms with Crippen LogP contribution in [0.2, 0.25) is 0 Å². The lowest BCUT2D eigenvalue weighted by atomic mass is 10.2. The highest BCUT2D eigenvalue weighted by molar-refractivity contribution is 7.92. The molecule has 0 aromatic heterocycles. The molecule has 0 unspecified atom stereocenters. The van der Waals surface area contributed by atoms with Crippen molar-refractivity contribution in [3.05, 3.63) is 120 Å². The molecule has 6 nitrogen and oxygen atoms in total. The van der Waals surface area contributed by atoms with Crippen LogP contribution >= 0.6 is 0 Å². The summed E-state index contributed by atoms with van der Waals surface area (Å²) in [5, 5.41) is 2.82. The number of fused-ring (bicyclic) bond motifs is 1. The minimum atomic E-state index is -3.78. The van der Waals surface area contributed by atoms with Gasteiger partial charge in [0.15, 0.2) is 0 Å². The van der Waals surface area contributed by atoms with E-state index in [2.05, 4.69) is 5.32 Å². The van der Waals surface area contributed by atoms with Crippen LogP contribution in [0.3, 0.4) is 0 Å². The standard InChI is InChI=1S/C28H24N2O4S/c31-28(29-24-13-15-25(16-14-24)34-20-21-7-2-1-3-8-21)23-10-6-11-26(19-23)35(32,33)30-18-17-22-9-4-5-12-27(22)30/h1-16,19H,17-18,20H2,(H,29,31). The van der Waals surface area contributed by atoms with Gasteiger partial charge in [-0.25, -0.2) is 8.42 Å². The summed E-state index contributed by atoms with van der Waals surface area (Å²) in [6, 6.07) is 30.5. The topological polar surface area (TPSA) is 75.7 Å². The molecule has 0 spiro atoms. The molecule has 7 heteroatoms. The average Bonchev–Trinajstić information content (AvgIpc) is 3.34. The zero-order chi connectivity index (χ0) is 24.3. The van der Waals surface area contributed by atoms with Crippen LogP contribution in [-0.2, 0) is 23.1 Å². The molecule has 1 aliphatic rings. The quantitative estimate of drug-likeness (QED) is 0.388. The second-order valence-corrected chi connectivity index (χ2v) is 10.1. The molecular formula is C28H24N2O4S. The van der Waals surface area contributed by atoms with E-state index in [0.29, 0.717) is 36.7 Å². The third-order valence-electron chi connectivity index (χ3n) is 5.89. The summed E-state index contributed by atoms with van der Waals surface area (Å²) >= 11 is 0. The number of nitrogens with zero attached hydrogens (tertiary/aromatic N) is 1. The zero-order valence-electron chi connectivity index (χ0n) is 18.9. The van der Waals surface area contributed by atoms with Crippen molar-refractivity contribution in [2.24, 2.45) is 0 Å². The maximum atomic E-state index is 13.3. The number of amides is 1. The third-order valence-corrected chi connectivity index (χ3v) is 7.70. The van der Waals surface area contributed by atoms with Gasteiger partial charge in [0.25, 0.3) is 15.9 Å². The molecule has 0 aliphatic carbocycles. The van der Waals surface area contributed by atoms with E-state index in [4.69, 9.17) is 4.74 Å². The number of carbonyl (C=O) groups is 1. The summed E-state index contributed by atoms with van der Waals surface area (Å²) in [6.45, 7) is 0.839. The Hall–Kier alpha value is -4.10. The number of nitrogens with one attached hydrogen (secondary N) is 1.